The number of anilines is 1. The molecule has 6 nitrogen and oxygen atoms in total. The smallest absolute Gasteiger partial charge is 0.279 e. The Morgan fingerprint density at radius 2 is 1.70 bits per heavy atom. The number of quaternary nitrogens is 2. The first-order valence-corrected chi connectivity index (χ1v) is 10.7. The second-order valence-electron chi connectivity index (χ2n) is 8.15. The molecule has 1 fully saturated rings. The third-order valence-corrected chi connectivity index (χ3v) is 5.71. The fraction of sp³-hybridized carbons (Fsp3) is 0.333. The highest BCUT2D eigenvalue weighted by atomic mass is 16.5. The zero-order chi connectivity index (χ0) is 20.8. The molecule has 1 amide bonds. The Morgan fingerprint density at radius 1 is 1.00 bits per heavy atom. The van der Waals surface area contributed by atoms with Gasteiger partial charge in [-0.1, -0.05) is 53.7 Å². The fourth-order valence-electron chi connectivity index (χ4n) is 4.10. The molecule has 3 N–H and O–H groups in total. The Morgan fingerprint density at radius 3 is 2.43 bits per heavy atom. The lowest BCUT2D eigenvalue weighted by molar-refractivity contribution is -1.02. The SMILES string of the molecule is Cc1cc(C[NH+]2CC[NH+](CC(=O)Nc3ccccc3Cc3ccccc3)CC2)no1. The van der Waals surface area contributed by atoms with Crippen LogP contribution in [0.25, 0.3) is 0 Å². The van der Waals surface area contributed by atoms with E-state index in [2.05, 4.69) is 28.7 Å². The third kappa shape index (κ3) is 5.55. The van der Waals surface area contributed by atoms with Gasteiger partial charge in [0.15, 0.2) is 6.54 Å². The second-order valence-corrected chi connectivity index (χ2v) is 8.15. The number of nitrogens with zero attached hydrogens (tertiary/aromatic N) is 1. The molecule has 30 heavy (non-hydrogen) atoms. The molecule has 0 unspecified atom stereocenters. The zero-order valence-corrected chi connectivity index (χ0v) is 17.5. The van der Waals surface area contributed by atoms with Gasteiger partial charge >= 0.3 is 0 Å². The largest absolute Gasteiger partial charge is 0.361 e. The quantitative estimate of drug-likeness (QED) is 0.535. The van der Waals surface area contributed by atoms with Crippen molar-refractivity contribution in [1.82, 2.24) is 5.16 Å². The number of carbonyl (C=O) groups excluding carboxylic acids is 1. The van der Waals surface area contributed by atoms with E-state index in [1.165, 1.54) is 15.4 Å². The van der Waals surface area contributed by atoms with Crippen molar-refractivity contribution in [1.29, 1.82) is 0 Å². The first-order chi connectivity index (χ1) is 14.7. The summed E-state index contributed by atoms with van der Waals surface area (Å²) in [5.74, 6) is 0.943. The third-order valence-electron chi connectivity index (χ3n) is 5.71. The van der Waals surface area contributed by atoms with Crippen LogP contribution in [0.1, 0.15) is 22.6 Å². The van der Waals surface area contributed by atoms with Crippen molar-refractivity contribution in [2.75, 3.05) is 38.0 Å². The van der Waals surface area contributed by atoms with Crippen molar-refractivity contribution in [3.05, 3.63) is 83.2 Å². The highest BCUT2D eigenvalue weighted by Crippen LogP contribution is 2.18. The maximum Gasteiger partial charge on any atom is 0.279 e. The normalized spacial score (nSPS) is 18.8. The number of nitrogens with one attached hydrogen (secondary N) is 3. The molecule has 0 saturated carbocycles. The Balaban J connectivity index is 1.27. The van der Waals surface area contributed by atoms with E-state index < -0.39 is 0 Å². The van der Waals surface area contributed by atoms with Gasteiger partial charge in [-0.15, -0.1) is 0 Å². The van der Waals surface area contributed by atoms with Gasteiger partial charge in [-0.05, 0) is 30.5 Å². The molecule has 6 heteroatoms. The van der Waals surface area contributed by atoms with Gasteiger partial charge in [0.1, 0.15) is 44.2 Å². The number of amides is 1. The van der Waals surface area contributed by atoms with Gasteiger partial charge in [0, 0.05) is 11.8 Å². The molecule has 3 aromatic rings. The molecule has 2 aromatic carbocycles. The van der Waals surface area contributed by atoms with Gasteiger partial charge in [-0.3, -0.25) is 4.79 Å². The van der Waals surface area contributed by atoms with Crippen LogP contribution in [0.3, 0.4) is 0 Å². The number of piperazine rings is 1. The maximum absolute atomic E-state index is 12.7. The number of hydrogen-bond acceptors (Lipinski definition) is 3. The molecule has 1 aliphatic rings. The molecule has 2 heterocycles. The minimum absolute atomic E-state index is 0.0843. The van der Waals surface area contributed by atoms with E-state index in [1.807, 2.05) is 49.4 Å². The Bertz CT molecular complexity index is 962. The van der Waals surface area contributed by atoms with Crippen LogP contribution < -0.4 is 15.1 Å². The topological polar surface area (TPSA) is 64.0 Å². The second kappa shape index (κ2) is 9.69. The summed E-state index contributed by atoms with van der Waals surface area (Å²) in [6.07, 6.45) is 0.813. The van der Waals surface area contributed by atoms with E-state index >= 15 is 0 Å². The summed E-state index contributed by atoms with van der Waals surface area (Å²) >= 11 is 0. The van der Waals surface area contributed by atoms with E-state index in [1.54, 1.807) is 0 Å². The number of hydrogen-bond donors (Lipinski definition) is 3. The molecule has 1 saturated heterocycles. The summed E-state index contributed by atoms with van der Waals surface area (Å²) in [7, 11) is 0. The van der Waals surface area contributed by atoms with E-state index in [-0.39, 0.29) is 5.91 Å². The van der Waals surface area contributed by atoms with Crippen molar-refractivity contribution in [2.45, 2.75) is 19.9 Å². The first-order valence-electron chi connectivity index (χ1n) is 10.7. The molecule has 4 rings (SSSR count). The zero-order valence-electron chi connectivity index (χ0n) is 17.5. The minimum Gasteiger partial charge on any atom is -0.361 e. The number of para-hydroxylation sites is 1. The summed E-state index contributed by atoms with van der Waals surface area (Å²) in [5, 5.41) is 7.24. The summed E-state index contributed by atoms with van der Waals surface area (Å²) in [5.41, 5.74) is 4.31. The lowest BCUT2D eigenvalue weighted by atomic mass is 10.0. The van der Waals surface area contributed by atoms with Crippen LogP contribution in [0, 0.1) is 6.92 Å². The van der Waals surface area contributed by atoms with Crippen LogP contribution in [0.4, 0.5) is 5.69 Å². The Labute approximate surface area is 177 Å². The van der Waals surface area contributed by atoms with Gasteiger partial charge in [0.25, 0.3) is 5.91 Å². The fourth-order valence-corrected chi connectivity index (χ4v) is 4.10. The van der Waals surface area contributed by atoms with Crippen molar-refractivity contribution in [3.8, 4) is 0 Å². The molecule has 156 valence electrons. The molecule has 0 bridgehead atoms. The summed E-state index contributed by atoms with van der Waals surface area (Å²) in [6.45, 7) is 7.39. The predicted molar refractivity (Wildman–Crippen MR) is 116 cm³/mol. The standard InChI is InChI=1S/C24H28N4O2/c1-19-15-22(26-30-19)17-27-11-13-28(14-12-27)18-24(29)25-23-10-6-5-9-21(23)16-20-7-3-2-4-8-20/h2-10,15H,11-14,16-18H2,1H3,(H,25,29)/p+2. The number of rotatable bonds is 7. The van der Waals surface area contributed by atoms with Crippen molar-refractivity contribution < 1.29 is 19.1 Å². The van der Waals surface area contributed by atoms with Crippen LogP contribution >= 0.6 is 0 Å². The molecule has 0 atom stereocenters. The molecule has 1 aromatic heterocycles. The molecular weight excluding hydrogens is 376 g/mol. The molecule has 0 radical (unpaired) electrons. The first kappa shape index (κ1) is 20.3. The molecule has 1 aliphatic heterocycles. The van der Waals surface area contributed by atoms with E-state index in [9.17, 15) is 4.79 Å². The van der Waals surface area contributed by atoms with Crippen molar-refractivity contribution >= 4 is 11.6 Å². The van der Waals surface area contributed by atoms with Crippen molar-refractivity contribution in [3.63, 3.8) is 0 Å². The number of aromatic nitrogens is 1. The summed E-state index contributed by atoms with van der Waals surface area (Å²) in [4.78, 5) is 15.5. The minimum atomic E-state index is 0.0843. The van der Waals surface area contributed by atoms with Crippen LogP contribution in [-0.4, -0.2) is 43.8 Å². The average Bonchev–Trinajstić information content (AvgIpc) is 3.16. The van der Waals surface area contributed by atoms with Crippen LogP contribution in [0.2, 0.25) is 0 Å². The lowest BCUT2D eigenvalue weighted by Gasteiger charge is -2.28. The van der Waals surface area contributed by atoms with E-state index in [0.717, 1.165) is 61.8 Å². The van der Waals surface area contributed by atoms with Gasteiger partial charge in [0.05, 0.1) is 0 Å². The number of aryl methyl sites for hydroxylation is 1. The highest BCUT2D eigenvalue weighted by molar-refractivity contribution is 5.92. The van der Waals surface area contributed by atoms with Crippen molar-refractivity contribution in [2.24, 2.45) is 0 Å². The summed E-state index contributed by atoms with van der Waals surface area (Å²) < 4.78 is 5.16. The van der Waals surface area contributed by atoms with Crippen LogP contribution in [-0.2, 0) is 17.8 Å². The van der Waals surface area contributed by atoms with Crippen LogP contribution in [0.5, 0.6) is 0 Å². The van der Waals surface area contributed by atoms with Gasteiger partial charge in [0.2, 0.25) is 0 Å². The molecule has 0 spiro atoms. The lowest BCUT2D eigenvalue weighted by Crippen LogP contribution is -3.28. The van der Waals surface area contributed by atoms with Crippen LogP contribution in [0.15, 0.2) is 65.2 Å². The molecule has 0 aliphatic carbocycles. The Kier molecular flexibility index (Phi) is 6.57. The van der Waals surface area contributed by atoms with E-state index in [4.69, 9.17) is 4.52 Å². The van der Waals surface area contributed by atoms with E-state index in [0.29, 0.717) is 6.54 Å². The van der Waals surface area contributed by atoms with Gasteiger partial charge in [-0.25, -0.2) is 0 Å². The average molecular weight is 407 g/mol. The Hall–Kier alpha value is -2.96. The maximum atomic E-state index is 12.7. The highest BCUT2D eigenvalue weighted by Gasteiger charge is 2.25. The summed E-state index contributed by atoms with van der Waals surface area (Å²) in [6, 6.07) is 20.4. The van der Waals surface area contributed by atoms with Gasteiger partial charge in [-0.2, -0.15) is 0 Å². The predicted octanol–water partition coefficient (Wildman–Crippen LogP) is 0.496. The monoisotopic (exact) mass is 406 g/mol. The number of benzene rings is 2. The molecular formula is C24H30N4O2+2. The van der Waals surface area contributed by atoms with Gasteiger partial charge < -0.3 is 19.6 Å². The number of carbonyl (C=O) groups is 1.